The van der Waals surface area contributed by atoms with Gasteiger partial charge < -0.3 is 5.32 Å². The predicted octanol–water partition coefficient (Wildman–Crippen LogP) is 2.25. The Morgan fingerprint density at radius 2 is 2.00 bits per heavy atom. The van der Waals surface area contributed by atoms with Gasteiger partial charge in [-0.05, 0) is 32.1 Å². The van der Waals surface area contributed by atoms with Crippen LogP contribution in [0.4, 0.5) is 0 Å². The van der Waals surface area contributed by atoms with E-state index in [1.807, 2.05) is 0 Å². The number of piperazine rings is 1. The lowest BCUT2D eigenvalue weighted by molar-refractivity contribution is 0.112. The zero-order chi connectivity index (χ0) is 10.7. The lowest BCUT2D eigenvalue weighted by atomic mass is 10.0. The molecule has 2 nitrogen and oxygen atoms in total. The molecule has 2 fully saturated rings. The molecule has 2 rings (SSSR count). The van der Waals surface area contributed by atoms with E-state index in [2.05, 4.69) is 24.1 Å². The van der Waals surface area contributed by atoms with Gasteiger partial charge in [-0.1, -0.05) is 19.8 Å². The Kier molecular flexibility index (Phi) is 4.04. The van der Waals surface area contributed by atoms with Crippen LogP contribution < -0.4 is 5.32 Å². The van der Waals surface area contributed by atoms with E-state index >= 15 is 0 Å². The van der Waals surface area contributed by atoms with Gasteiger partial charge in [0.25, 0.3) is 0 Å². The van der Waals surface area contributed by atoms with Gasteiger partial charge in [0.1, 0.15) is 0 Å². The molecule has 0 aromatic heterocycles. The van der Waals surface area contributed by atoms with Crippen molar-refractivity contribution in [2.45, 2.75) is 58.0 Å². The molecule has 0 aromatic rings. The Hall–Kier alpha value is -0.0800. The molecule has 0 aromatic carbocycles. The van der Waals surface area contributed by atoms with E-state index in [0.29, 0.717) is 6.04 Å². The maximum Gasteiger partial charge on any atom is 0.0218 e. The largest absolute Gasteiger partial charge is 0.311 e. The third-order valence-corrected chi connectivity index (χ3v) is 4.17. The second-order valence-electron chi connectivity index (χ2n) is 5.48. The molecule has 1 N–H and O–H groups in total. The van der Waals surface area contributed by atoms with Gasteiger partial charge in [0.2, 0.25) is 0 Å². The summed E-state index contributed by atoms with van der Waals surface area (Å²) in [5.74, 6) is 1.00. The first-order valence-electron chi connectivity index (χ1n) is 6.77. The third-order valence-electron chi connectivity index (χ3n) is 4.17. The molecule has 1 saturated carbocycles. The summed E-state index contributed by atoms with van der Waals surface area (Å²) >= 11 is 0. The molecule has 2 heteroatoms. The molecule has 0 spiro atoms. The topological polar surface area (TPSA) is 15.3 Å². The van der Waals surface area contributed by atoms with Crippen LogP contribution in [0.15, 0.2) is 0 Å². The zero-order valence-corrected chi connectivity index (χ0v) is 10.3. The van der Waals surface area contributed by atoms with Crippen molar-refractivity contribution in [2.24, 2.45) is 5.92 Å². The van der Waals surface area contributed by atoms with Crippen molar-refractivity contribution in [3.63, 3.8) is 0 Å². The highest BCUT2D eigenvalue weighted by molar-refractivity contribution is 4.85. The molecular formula is C13H26N2. The van der Waals surface area contributed by atoms with Crippen molar-refractivity contribution in [3.05, 3.63) is 0 Å². The first-order chi connectivity index (χ1) is 7.29. The Bertz CT molecular complexity index is 187. The summed E-state index contributed by atoms with van der Waals surface area (Å²) in [7, 11) is 0. The van der Waals surface area contributed by atoms with Crippen molar-refractivity contribution in [1.29, 1.82) is 0 Å². The highest BCUT2D eigenvalue weighted by atomic mass is 15.2. The van der Waals surface area contributed by atoms with E-state index < -0.39 is 0 Å². The smallest absolute Gasteiger partial charge is 0.0218 e. The monoisotopic (exact) mass is 210 g/mol. The number of hydrogen-bond acceptors (Lipinski definition) is 2. The van der Waals surface area contributed by atoms with Crippen LogP contribution in [0.2, 0.25) is 0 Å². The minimum Gasteiger partial charge on any atom is -0.311 e. The number of rotatable bonds is 3. The molecule has 15 heavy (non-hydrogen) atoms. The summed E-state index contributed by atoms with van der Waals surface area (Å²) in [6.45, 7) is 8.46. The molecule has 2 atom stereocenters. The summed E-state index contributed by atoms with van der Waals surface area (Å²) in [5, 5.41) is 3.60. The fraction of sp³-hybridized carbons (Fsp3) is 1.00. The van der Waals surface area contributed by atoms with Gasteiger partial charge in [-0.15, -0.1) is 0 Å². The average Bonchev–Trinajstić information content (AvgIpc) is 2.71. The molecular weight excluding hydrogens is 184 g/mol. The van der Waals surface area contributed by atoms with Crippen LogP contribution >= 0.6 is 0 Å². The first kappa shape index (κ1) is 11.4. The number of nitrogens with zero attached hydrogens (tertiary/aromatic N) is 1. The molecule has 0 radical (unpaired) electrons. The summed E-state index contributed by atoms with van der Waals surface area (Å²) in [4.78, 5) is 2.75. The highest BCUT2D eigenvalue weighted by Crippen LogP contribution is 2.26. The first-order valence-corrected chi connectivity index (χ1v) is 6.77. The Balaban J connectivity index is 1.85. The molecule has 0 bridgehead atoms. The Labute approximate surface area is 94.4 Å². The van der Waals surface area contributed by atoms with Crippen molar-refractivity contribution in [1.82, 2.24) is 10.2 Å². The summed E-state index contributed by atoms with van der Waals surface area (Å²) in [5.41, 5.74) is 0. The maximum atomic E-state index is 3.60. The van der Waals surface area contributed by atoms with Gasteiger partial charge in [0, 0.05) is 31.7 Å². The minimum absolute atomic E-state index is 0.689. The van der Waals surface area contributed by atoms with Crippen LogP contribution in [0.5, 0.6) is 0 Å². The number of hydrogen-bond donors (Lipinski definition) is 1. The van der Waals surface area contributed by atoms with E-state index in [0.717, 1.165) is 12.0 Å². The standard InChI is InChI=1S/C13H26N2/c1-3-13-8-14-11(2)9-15(13)10-12-6-4-5-7-12/h11-14H,3-10H2,1-2H3. The predicted molar refractivity (Wildman–Crippen MR) is 65.1 cm³/mol. The van der Waals surface area contributed by atoms with E-state index in [1.54, 1.807) is 0 Å². The van der Waals surface area contributed by atoms with E-state index in [-0.39, 0.29) is 0 Å². The molecule has 0 amide bonds. The van der Waals surface area contributed by atoms with E-state index in [1.165, 1.54) is 51.7 Å². The van der Waals surface area contributed by atoms with Crippen molar-refractivity contribution in [3.8, 4) is 0 Å². The summed E-state index contributed by atoms with van der Waals surface area (Å²) in [6, 6.07) is 1.48. The lowest BCUT2D eigenvalue weighted by Crippen LogP contribution is -2.56. The van der Waals surface area contributed by atoms with Gasteiger partial charge in [-0.2, -0.15) is 0 Å². The van der Waals surface area contributed by atoms with Crippen LogP contribution in [0.3, 0.4) is 0 Å². The summed E-state index contributed by atoms with van der Waals surface area (Å²) < 4.78 is 0. The molecule has 2 unspecified atom stereocenters. The number of nitrogens with one attached hydrogen (secondary N) is 1. The van der Waals surface area contributed by atoms with E-state index in [4.69, 9.17) is 0 Å². The fourth-order valence-electron chi connectivity index (χ4n) is 3.18. The highest BCUT2D eigenvalue weighted by Gasteiger charge is 2.27. The molecule has 88 valence electrons. The third kappa shape index (κ3) is 2.94. The molecule has 1 aliphatic carbocycles. The maximum absolute atomic E-state index is 3.60. The quantitative estimate of drug-likeness (QED) is 0.768. The van der Waals surface area contributed by atoms with Crippen molar-refractivity contribution < 1.29 is 0 Å². The molecule has 1 aliphatic heterocycles. The van der Waals surface area contributed by atoms with Crippen molar-refractivity contribution in [2.75, 3.05) is 19.6 Å². The SMILES string of the molecule is CCC1CNC(C)CN1CC1CCCC1. The zero-order valence-electron chi connectivity index (χ0n) is 10.3. The Morgan fingerprint density at radius 1 is 1.27 bits per heavy atom. The van der Waals surface area contributed by atoms with Gasteiger partial charge in [-0.3, -0.25) is 4.90 Å². The summed E-state index contributed by atoms with van der Waals surface area (Å²) in [6.07, 6.45) is 7.21. The van der Waals surface area contributed by atoms with Crippen LogP contribution in [-0.2, 0) is 0 Å². The van der Waals surface area contributed by atoms with Crippen molar-refractivity contribution >= 4 is 0 Å². The minimum atomic E-state index is 0.689. The van der Waals surface area contributed by atoms with Crippen LogP contribution in [0, 0.1) is 5.92 Å². The molecule has 1 saturated heterocycles. The van der Waals surface area contributed by atoms with Gasteiger partial charge >= 0.3 is 0 Å². The second kappa shape index (κ2) is 5.31. The van der Waals surface area contributed by atoms with Gasteiger partial charge in [0.15, 0.2) is 0 Å². The normalized spacial score (nSPS) is 34.8. The second-order valence-corrected chi connectivity index (χ2v) is 5.48. The van der Waals surface area contributed by atoms with Crippen LogP contribution in [0.1, 0.15) is 46.0 Å². The van der Waals surface area contributed by atoms with Crippen LogP contribution in [0.25, 0.3) is 0 Å². The van der Waals surface area contributed by atoms with E-state index in [9.17, 15) is 0 Å². The Morgan fingerprint density at radius 3 is 2.67 bits per heavy atom. The molecule has 1 heterocycles. The van der Waals surface area contributed by atoms with Gasteiger partial charge in [-0.25, -0.2) is 0 Å². The fourth-order valence-corrected chi connectivity index (χ4v) is 3.18. The van der Waals surface area contributed by atoms with Gasteiger partial charge in [0.05, 0.1) is 0 Å². The lowest BCUT2D eigenvalue weighted by Gasteiger charge is -2.40. The molecule has 2 aliphatic rings. The average molecular weight is 210 g/mol. The van der Waals surface area contributed by atoms with Crippen LogP contribution in [-0.4, -0.2) is 36.6 Å².